The molecule has 2 rings (SSSR count). The number of hydrogen-bond donors (Lipinski definition) is 0. The number of rotatable bonds is 1. The second-order valence-corrected chi connectivity index (χ2v) is 4.54. The number of esters is 1. The molecule has 0 radical (unpaired) electrons. The molecule has 3 unspecified atom stereocenters. The van der Waals surface area contributed by atoms with Crippen molar-refractivity contribution >= 4 is 5.97 Å². The average Bonchev–Trinajstić information content (AvgIpc) is 2.21. The molecule has 3 atom stereocenters. The Labute approximate surface area is 84.8 Å². The lowest BCUT2D eigenvalue weighted by atomic mass is 9.88. The Balaban J connectivity index is 1.81. The number of carbonyl (C=O) groups excluding carboxylic acids is 1. The molecule has 0 aromatic heterocycles. The van der Waals surface area contributed by atoms with Gasteiger partial charge in [0.1, 0.15) is 0 Å². The van der Waals surface area contributed by atoms with Crippen LogP contribution < -0.4 is 0 Å². The number of carbonyl (C=O) groups is 1. The number of hydrogen-bond acceptors (Lipinski definition) is 3. The molecular formula is C11H18O3. The van der Waals surface area contributed by atoms with Crippen LogP contribution in [-0.2, 0) is 14.3 Å². The molecule has 0 amide bonds. The molecule has 0 aromatic carbocycles. The van der Waals surface area contributed by atoms with Gasteiger partial charge in [0, 0.05) is 18.9 Å². The summed E-state index contributed by atoms with van der Waals surface area (Å²) in [4.78, 5) is 10.9. The summed E-state index contributed by atoms with van der Waals surface area (Å²) in [5, 5.41) is 0. The molecule has 80 valence electrons. The lowest BCUT2D eigenvalue weighted by Gasteiger charge is -2.34. The fourth-order valence-electron chi connectivity index (χ4n) is 2.23. The zero-order valence-corrected chi connectivity index (χ0v) is 8.70. The molecule has 2 aliphatic rings. The highest BCUT2D eigenvalue weighted by Gasteiger charge is 2.30. The molecular weight excluding hydrogens is 180 g/mol. The van der Waals surface area contributed by atoms with Crippen molar-refractivity contribution in [1.29, 1.82) is 0 Å². The van der Waals surface area contributed by atoms with Crippen LogP contribution in [0, 0.1) is 11.8 Å². The maximum absolute atomic E-state index is 10.9. The Morgan fingerprint density at radius 1 is 1.21 bits per heavy atom. The first kappa shape index (κ1) is 9.97. The SMILES string of the molecule is CC1CCC(C2CCC(=O)OC2)OC1. The van der Waals surface area contributed by atoms with Crippen molar-refractivity contribution in [3.05, 3.63) is 0 Å². The normalized spacial score (nSPS) is 39.2. The van der Waals surface area contributed by atoms with Crippen LogP contribution in [0.3, 0.4) is 0 Å². The summed E-state index contributed by atoms with van der Waals surface area (Å²) in [6, 6.07) is 0. The fourth-order valence-corrected chi connectivity index (χ4v) is 2.23. The maximum Gasteiger partial charge on any atom is 0.305 e. The van der Waals surface area contributed by atoms with E-state index >= 15 is 0 Å². The van der Waals surface area contributed by atoms with Crippen molar-refractivity contribution in [2.24, 2.45) is 11.8 Å². The van der Waals surface area contributed by atoms with Gasteiger partial charge >= 0.3 is 5.97 Å². The lowest BCUT2D eigenvalue weighted by molar-refractivity contribution is -0.155. The standard InChI is InChI=1S/C11H18O3/c1-8-2-4-10(13-6-8)9-3-5-11(12)14-7-9/h8-10H,2-7H2,1H3. The zero-order chi connectivity index (χ0) is 9.97. The molecule has 3 nitrogen and oxygen atoms in total. The van der Waals surface area contributed by atoms with E-state index in [0.717, 1.165) is 19.4 Å². The Hall–Kier alpha value is -0.570. The first-order chi connectivity index (χ1) is 6.75. The van der Waals surface area contributed by atoms with Crippen molar-refractivity contribution in [1.82, 2.24) is 0 Å². The third kappa shape index (κ3) is 2.27. The Bertz CT molecular complexity index is 197. The summed E-state index contributed by atoms with van der Waals surface area (Å²) >= 11 is 0. The van der Waals surface area contributed by atoms with Crippen molar-refractivity contribution in [2.75, 3.05) is 13.2 Å². The van der Waals surface area contributed by atoms with Gasteiger partial charge in [-0.1, -0.05) is 6.92 Å². The van der Waals surface area contributed by atoms with Gasteiger partial charge in [-0.3, -0.25) is 4.79 Å². The molecule has 0 N–H and O–H groups in total. The molecule has 2 fully saturated rings. The maximum atomic E-state index is 10.9. The molecule has 0 aromatic rings. The minimum Gasteiger partial charge on any atom is -0.465 e. The first-order valence-electron chi connectivity index (χ1n) is 5.53. The van der Waals surface area contributed by atoms with Gasteiger partial charge in [0.2, 0.25) is 0 Å². The van der Waals surface area contributed by atoms with Crippen LogP contribution in [0.4, 0.5) is 0 Å². The van der Waals surface area contributed by atoms with Gasteiger partial charge in [-0.2, -0.15) is 0 Å². The molecule has 2 saturated heterocycles. The van der Waals surface area contributed by atoms with E-state index in [-0.39, 0.29) is 5.97 Å². The smallest absolute Gasteiger partial charge is 0.305 e. The monoisotopic (exact) mass is 198 g/mol. The van der Waals surface area contributed by atoms with E-state index in [1.54, 1.807) is 0 Å². The van der Waals surface area contributed by atoms with E-state index in [1.807, 2.05) is 0 Å². The molecule has 0 saturated carbocycles. The second kappa shape index (κ2) is 4.30. The van der Waals surface area contributed by atoms with Crippen LogP contribution in [-0.4, -0.2) is 25.3 Å². The lowest BCUT2D eigenvalue weighted by Crippen LogP contribution is -2.36. The van der Waals surface area contributed by atoms with E-state index < -0.39 is 0 Å². The Kier molecular flexibility index (Phi) is 3.06. The van der Waals surface area contributed by atoms with Crippen LogP contribution in [0.5, 0.6) is 0 Å². The van der Waals surface area contributed by atoms with E-state index in [1.165, 1.54) is 6.42 Å². The molecule has 0 aliphatic carbocycles. The fraction of sp³-hybridized carbons (Fsp3) is 0.909. The third-order valence-electron chi connectivity index (χ3n) is 3.24. The minimum absolute atomic E-state index is 0.0505. The van der Waals surface area contributed by atoms with Gasteiger partial charge in [0.15, 0.2) is 0 Å². The third-order valence-corrected chi connectivity index (χ3v) is 3.24. The number of cyclic esters (lactones) is 1. The summed E-state index contributed by atoms with van der Waals surface area (Å²) in [5.74, 6) is 1.09. The summed E-state index contributed by atoms with van der Waals surface area (Å²) in [6.07, 6.45) is 4.22. The van der Waals surface area contributed by atoms with Crippen molar-refractivity contribution in [3.8, 4) is 0 Å². The number of ether oxygens (including phenoxy) is 2. The van der Waals surface area contributed by atoms with Gasteiger partial charge in [0.05, 0.1) is 12.7 Å². The van der Waals surface area contributed by atoms with Gasteiger partial charge < -0.3 is 9.47 Å². The van der Waals surface area contributed by atoms with Crippen LogP contribution in [0.2, 0.25) is 0 Å². The molecule has 0 bridgehead atoms. The van der Waals surface area contributed by atoms with Gasteiger partial charge in [-0.15, -0.1) is 0 Å². The second-order valence-electron chi connectivity index (χ2n) is 4.54. The van der Waals surface area contributed by atoms with Crippen LogP contribution in [0.25, 0.3) is 0 Å². The van der Waals surface area contributed by atoms with Crippen molar-refractivity contribution in [3.63, 3.8) is 0 Å². The Morgan fingerprint density at radius 2 is 2.07 bits per heavy atom. The van der Waals surface area contributed by atoms with Crippen LogP contribution >= 0.6 is 0 Å². The molecule has 3 heteroatoms. The van der Waals surface area contributed by atoms with E-state index in [0.29, 0.717) is 31.0 Å². The van der Waals surface area contributed by atoms with E-state index in [2.05, 4.69) is 6.92 Å². The largest absolute Gasteiger partial charge is 0.465 e. The highest BCUT2D eigenvalue weighted by atomic mass is 16.5. The quantitative estimate of drug-likeness (QED) is 0.602. The predicted octanol–water partition coefficient (Wildman–Crippen LogP) is 1.75. The van der Waals surface area contributed by atoms with Crippen molar-refractivity contribution in [2.45, 2.75) is 38.7 Å². The summed E-state index contributed by atoms with van der Waals surface area (Å²) < 4.78 is 10.8. The van der Waals surface area contributed by atoms with Gasteiger partial charge in [-0.25, -0.2) is 0 Å². The minimum atomic E-state index is -0.0505. The summed E-state index contributed by atoms with van der Waals surface area (Å²) in [6.45, 7) is 3.66. The predicted molar refractivity (Wildman–Crippen MR) is 51.8 cm³/mol. The highest BCUT2D eigenvalue weighted by molar-refractivity contribution is 5.69. The molecule has 2 heterocycles. The summed E-state index contributed by atoms with van der Waals surface area (Å²) in [7, 11) is 0. The zero-order valence-electron chi connectivity index (χ0n) is 8.70. The van der Waals surface area contributed by atoms with E-state index in [4.69, 9.17) is 9.47 Å². The van der Waals surface area contributed by atoms with Crippen LogP contribution in [0.1, 0.15) is 32.6 Å². The summed E-state index contributed by atoms with van der Waals surface area (Å²) in [5.41, 5.74) is 0. The Morgan fingerprint density at radius 3 is 2.64 bits per heavy atom. The molecule has 0 spiro atoms. The van der Waals surface area contributed by atoms with E-state index in [9.17, 15) is 4.79 Å². The highest BCUT2D eigenvalue weighted by Crippen LogP contribution is 2.28. The molecule has 2 aliphatic heterocycles. The van der Waals surface area contributed by atoms with Gasteiger partial charge in [0.25, 0.3) is 0 Å². The average molecular weight is 198 g/mol. The first-order valence-corrected chi connectivity index (χ1v) is 5.53. The van der Waals surface area contributed by atoms with Gasteiger partial charge in [-0.05, 0) is 25.2 Å². The topological polar surface area (TPSA) is 35.5 Å². The van der Waals surface area contributed by atoms with Crippen molar-refractivity contribution < 1.29 is 14.3 Å². The van der Waals surface area contributed by atoms with Crippen LogP contribution in [0.15, 0.2) is 0 Å². The molecule has 14 heavy (non-hydrogen) atoms.